The van der Waals surface area contributed by atoms with Crippen molar-refractivity contribution < 1.29 is 13.0 Å². The quantitative estimate of drug-likeness (QED) is 0.823. The van der Waals surface area contributed by atoms with Gasteiger partial charge in [0.2, 0.25) is 0 Å². The Balaban J connectivity index is 3.10. The Kier molecular flexibility index (Phi) is 4.54. The molecule has 1 unspecified atom stereocenters. The van der Waals surface area contributed by atoms with E-state index in [2.05, 4.69) is 0 Å². The average molecular weight is 257 g/mol. The lowest BCUT2D eigenvalue weighted by atomic mass is 10.2. The molecule has 4 nitrogen and oxygen atoms in total. The van der Waals surface area contributed by atoms with Crippen molar-refractivity contribution >= 4 is 15.8 Å². The summed E-state index contributed by atoms with van der Waals surface area (Å²) < 4.78 is 31.9. The van der Waals surface area contributed by atoms with Crippen molar-refractivity contribution in [3.63, 3.8) is 0 Å². The molecule has 0 aromatic heterocycles. The minimum Gasteiger partial charge on any atom is -0.353 e. The molecule has 0 aliphatic rings. The van der Waals surface area contributed by atoms with Crippen LogP contribution in [0, 0.1) is 6.92 Å². The van der Waals surface area contributed by atoms with Crippen LogP contribution in [0.5, 0.6) is 0 Å². The van der Waals surface area contributed by atoms with E-state index in [1.807, 2.05) is 38.1 Å². The number of nitrogens with zero attached hydrogens (tertiary/aromatic N) is 1. The molecule has 1 N–H and O–H groups in total. The van der Waals surface area contributed by atoms with Gasteiger partial charge in [-0.1, -0.05) is 24.6 Å². The van der Waals surface area contributed by atoms with Gasteiger partial charge in [0.25, 0.3) is 10.1 Å². The van der Waals surface area contributed by atoms with Crippen LogP contribution < -0.4 is 4.90 Å². The molecule has 0 fully saturated rings. The Morgan fingerprint density at radius 3 is 2.12 bits per heavy atom. The van der Waals surface area contributed by atoms with E-state index < -0.39 is 15.5 Å². The number of benzene rings is 1. The second kappa shape index (κ2) is 5.51. The molecule has 0 aliphatic heterocycles. The first kappa shape index (κ1) is 14.0. The fraction of sp³-hybridized carbons (Fsp3) is 0.500. The highest BCUT2D eigenvalue weighted by Crippen LogP contribution is 2.21. The zero-order chi connectivity index (χ0) is 13.1. The second-order valence-corrected chi connectivity index (χ2v) is 5.57. The van der Waals surface area contributed by atoms with Crippen molar-refractivity contribution in [1.82, 2.24) is 0 Å². The van der Waals surface area contributed by atoms with Gasteiger partial charge in [0.15, 0.2) is 5.37 Å². The van der Waals surface area contributed by atoms with Crippen molar-refractivity contribution in [3.8, 4) is 0 Å². The molecule has 0 saturated carbocycles. The minimum atomic E-state index is -4.06. The summed E-state index contributed by atoms with van der Waals surface area (Å²) >= 11 is 0. The Morgan fingerprint density at radius 2 is 1.76 bits per heavy atom. The van der Waals surface area contributed by atoms with E-state index in [0.29, 0.717) is 13.0 Å². The predicted molar refractivity (Wildman–Crippen MR) is 69.8 cm³/mol. The summed E-state index contributed by atoms with van der Waals surface area (Å²) in [5.74, 6) is 0. The topological polar surface area (TPSA) is 57.6 Å². The van der Waals surface area contributed by atoms with Gasteiger partial charge in [-0.15, -0.1) is 0 Å². The fourth-order valence-electron chi connectivity index (χ4n) is 1.88. The molecule has 0 amide bonds. The van der Waals surface area contributed by atoms with Crippen molar-refractivity contribution in [1.29, 1.82) is 0 Å². The number of hydrogen-bond donors (Lipinski definition) is 1. The lowest BCUT2D eigenvalue weighted by molar-refractivity contribution is 0.460. The zero-order valence-electron chi connectivity index (χ0n) is 10.4. The Bertz CT molecular complexity index is 453. The van der Waals surface area contributed by atoms with Crippen molar-refractivity contribution in [2.24, 2.45) is 0 Å². The number of rotatable bonds is 5. The van der Waals surface area contributed by atoms with E-state index in [-0.39, 0.29) is 0 Å². The number of anilines is 1. The summed E-state index contributed by atoms with van der Waals surface area (Å²) in [5.41, 5.74) is 1.92. The van der Waals surface area contributed by atoms with Crippen LogP contribution >= 0.6 is 0 Å². The molecular weight excluding hydrogens is 238 g/mol. The van der Waals surface area contributed by atoms with Crippen molar-refractivity contribution in [2.75, 3.05) is 11.4 Å². The normalized spacial score (nSPS) is 13.4. The molecule has 0 saturated heterocycles. The summed E-state index contributed by atoms with van der Waals surface area (Å²) in [4.78, 5) is 1.69. The first-order valence-electron chi connectivity index (χ1n) is 5.69. The largest absolute Gasteiger partial charge is 0.353 e. The van der Waals surface area contributed by atoms with Crippen molar-refractivity contribution in [2.45, 2.75) is 32.6 Å². The first-order valence-corrected chi connectivity index (χ1v) is 7.20. The molecule has 0 heterocycles. The maximum Gasteiger partial charge on any atom is 0.286 e. The van der Waals surface area contributed by atoms with E-state index >= 15 is 0 Å². The molecule has 1 aromatic carbocycles. The molecule has 0 spiro atoms. The Hall–Kier alpha value is -1.07. The minimum absolute atomic E-state index is 0.348. The van der Waals surface area contributed by atoms with Gasteiger partial charge in [0, 0.05) is 12.2 Å². The average Bonchev–Trinajstić information content (AvgIpc) is 2.25. The van der Waals surface area contributed by atoms with Gasteiger partial charge >= 0.3 is 0 Å². The standard InChI is InChI=1S/C12H19NO3S/c1-4-12(17(14,15)16)13(5-2)11-8-6-10(3)7-9-11/h6-9,12H,4-5H2,1-3H3,(H,14,15,16). The monoisotopic (exact) mass is 257 g/mol. The molecule has 0 bridgehead atoms. The maximum absolute atomic E-state index is 11.3. The van der Waals surface area contributed by atoms with Gasteiger partial charge in [0.05, 0.1) is 0 Å². The van der Waals surface area contributed by atoms with Gasteiger partial charge in [0.1, 0.15) is 0 Å². The van der Waals surface area contributed by atoms with Crippen LogP contribution in [0.15, 0.2) is 24.3 Å². The Morgan fingerprint density at radius 1 is 1.24 bits per heavy atom. The highest BCUT2D eigenvalue weighted by Gasteiger charge is 2.27. The highest BCUT2D eigenvalue weighted by molar-refractivity contribution is 7.86. The van der Waals surface area contributed by atoms with Crippen LogP contribution in [-0.2, 0) is 10.1 Å². The SMILES string of the molecule is CCC(N(CC)c1ccc(C)cc1)S(=O)(=O)O. The molecule has 1 aromatic rings. The van der Waals surface area contributed by atoms with Crippen LogP contribution in [0.3, 0.4) is 0 Å². The summed E-state index contributed by atoms with van der Waals surface area (Å²) in [6.45, 7) is 6.12. The molecule has 1 rings (SSSR count). The van der Waals surface area contributed by atoms with Crippen LogP contribution in [0.4, 0.5) is 5.69 Å². The van der Waals surface area contributed by atoms with E-state index in [0.717, 1.165) is 11.3 Å². The van der Waals surface area contributed by atoms with Gasteiger partial charge in [-0.25, -0.2) is 0 Å². The zero-order valence-corrected chi connectivity index (χ0v) is 11.2. The number of hydrogen-bond acceptors (Lipinski definition) is 3. The summed E-state index contributed by atoms with van der Waals surface area (Å²) in [5, 5.41) is -0.879. The molecular formula is C12H19NO3S. The van der Waals surface area contributed by atoms with Crippen LogP contribution in [0.25, 0.3) is 0 Å². The lowest BCUT2D eigenvalue weighted by Gasteiger charge is -2.29. The molecule has 0 aliphatic carbocycles. The maximum atomic E-state index is 11.3. The molecule has 5 heteroatoms. The summed E-state index contributed by atoms with van der Waals surface area (Å²) in [6.07, 6.45) is 0.348. The van der Waals surface area contributed by atoms with Crippen LogP contribution in [0.1, 0.15) is 25.8 Å². The fourth-order valence-corrected chi connectivity index (χ4v) is 2.89. The molecule has 96 valence electrons. The Labute approximate surface area is 103 Å². The highest BCUT2D eigenvalue weighted by atomic mass is 32.2. The molecule has 0 radical (unpaired) electrons. The molecule has 17 heavy (non-hydrogen) atoms. The van der Waals surface area contributed by atoms with Crippen molar-refractivity contribution in [3.05, 3.63) is 29.8 Å². The summed E-state index contributed by atoms with van der Waals surface area (Å²) in [7, 11) is -4.06. The second-order valence-electron chi connectivity index (χ2n) is 4.00. The first-order chi connectivity index (χ1) is 7.90. The third-order valence-electron chi connectivity index (χ3n) is 2.75. The number of aryl methyl sites for hydroxylation is 1. The smallest absolute Gasteiger partial charge is 0.286 e. The van der Waals surface area contributed by atoms with E-state index in [4.69, 9.17) is 0 Å². The van der Waals surface area contributed by atoms with Gasteiger partial charge < -0.3 is 4.90 Å². The van der Waals surface area contributed by atoms with Gasteiger partial charge in [-0.05, 0) is 32.4 Å². The van der Waals surface area contributed by atoms with Gasteiger partial charge in [-0.2, -0.15) is 8.42 Å². The third kappa shape index (κ3) is 3.44. The van der Waals surface area contributed by atoms with Crippen LogP contribution in [-0.4, -0.2) is 24.9 Å². The summed E-state index contributed by atoms with van der Waals surface area (Å²) in [6, 6.07) is 7.59. The predicted octanol–water partition coefficient (Wildman–Crippen LogP) is 2.45. The van der Waals surface area contributed by atoms with Gasteiger partial charge in [-0.3, -0.25) is 4.55 Å². The van der Waals surface area contributed by atoms with E-state index in [1.165, 1.54) is 0 Å². The lowest BCUT2D eigenvalue weighted by Crippen LogP contribution is -2.40. The molecule has 1 atom stereocenters. The van der Waals surface area contributed by atoms with E-state index in [9.17, 15) is 13.0 Å². The van der Waals surface area contributed by atoms with E-state index in [1.54, 1.807) is 11.8 Å². The van der Waals surface area contributed by atoms with Crippen LogP contribution in [0.2, 0.25) is 0 Å². The third-order valence-corrected chi connectivity index (χ3v) is 4.02.